The first-order valence-corrected chi connectivity index (χ1v) is 15.4. The zero-order valence-corrected chi connectivity index (χ0v) is 26.5. The maximum atomic E-state index is 13.5. The van der Waals surface area contributed by atoms with Crippen LogP contribution < -0.4 is 4.72 Å². The monoisotopic (exact) mass is 663 g/mol. The van der Waals surface area contributed by atoms with Gasteiger partial charge in [0, 0.05) is 48.8 Å². The van der Waals surface area contributed by atoms with E-state index in [1.165, 1.54) is 23.1 Å². The number of ether oxygens (including phenoxy) is 3. The van der Waals surface area contributed by atoms with Crippen molar-refractivity contribution in [2.75, 3.05) is 47.0 Å². The topological polar surface area (TPSA) is 80.3 Å². The van der Waals surface area contributed by atoms with Gasteiger partial charge in [0.05, 0.1) is 12.7 Å². The van der Waals surface area contributed by atoms with Gasteiger partial charge in [0.25, 0.3) is 12.9 Å². The number of benzene rings is 1. The molecule has 1 aliphatic heterocycles. The highest BCUT2D eigenvalue weighted by molar-refractivity contribution is 7.95. The van der Waals surface area contributed by atoms with Crippen LogP contribution in [0.2, 0.25) is 0 Å². The van der Waals surface area contributed by atoms with Crippen molar-refractivity contribution in [3.05, 3.63) is 35.6 Å². The quantitative estimate of drug-likeness (QED) is 0.150. The number of alkyl halides is 4. The van der Waals surface area contributed by atoms with Gasteiger partial charge in [-0.2, -0.15) is 0 Å². The van der Waals surface area contributed by atoms with Gasteiger partial charge in [-0.25, -0.2) is 40.6 Å². The van der Waals surface area contributed by atoms with E-state index in [-0.39, 0.29) is 23.9 Å². The Labute approximate surface area is 260 Å². The molecule has 1 aromatic rings. The van der Waals surface area contributed by atoms with E-state index in [1.807, 2.05) is 38.3 Å². The summed E-state index contributed by atoms with van der Waals surface area (Å²) >= 11 is 6.02. The zero-order chi connectivity index (χ0) is 32.4. The van der Waals surface area contributed by atoms with Crippen LogP contribution in [0.15, 0.2) is 24.3 Å². The average molecular weight is 664 g/mol. The summed E-state index contributed by atoms with van der Waals surface area (Å²) in [6, 6.07) is 6.95. The molecule has 0 spiro atoms. The summed E-state index contributed by atoms with van der Waals surface area (Å²) in [5.41, 5.74) is -0.158. The van der Waals surface area contributed by atoms with Crippen LogP contribution in [0, 0.1) is 11.7 Å². The molecule has 43 heavy (non-hydrogen) atoms. The predicted octanol–water partition coefficient (Wildman–Crippen LogP) is 7.33. The first kappa shape index (κ1) is 39.2. The van der Waals surface area contributed by atoms with Crippen LogP contribution in [-0.4, -0.2) is 92.7 Å². The Bertz CT molecular complexity index is 933. The third-order valence-corrected chi connectivity index (χ3v) is 7.46. The van der Waals surface area contributed by atoms with Gasteiger partial charge in [-0.1, -0.05) is 26.0 Å². The molecule has 0 aromatic heterocycles. The summed E-state index contributed by atoms with van der Waals surface area (Å²) < 4.78 is 80.5. The number of carbonyl (C=O) groups is 2. The fraction of sp³-hybridized carbons (Fsp3) is 0.714. The minimum absolute atomic E-state index is 0.0197. The lowest BCUT2D eigenvalue weighted by molar-refractivity contribution is -0.0204. The van der Waals surface area contributed by atoms with Crippen LogP contribution >= 0.6 is 23.7 Å². The lowest BCUT2D eigenvalue weighted by Crippen LogP contribution is -2.52. The van der Waals surface area contributed by atoms with Crippen LogP contribution in [0.25, 0.3) is 0 Å². The Morgan fingerprint density at radius 2 is 1.67 bits per heavy atom. The van der Waals surface area contributed by atoms with Crippen molar-refractivity contribution < 1.29 is 45.8 Å². The number of nitrogens with one attached hydrogen (secondary N) is 1. The number of rotatable bonds is 11. The van der Waals surface area contributed by atoms with Gasteiger partial charge >= 0.3 is 11.5 Å². The van der Waals surface area contributed by atoms with Crippen molar-refractivity contribution in [3.63, 3.8) is 0 Å². The maximum Gasteiger partial charge on any atom is 0.409 e. The second-order valence-electron chi connectivity index (χ2n) is 9.89. The number of carbonyl (C=O) groups excluding carboxylic acids is 2. The zero-order valence-electron chi connectivity index (χ0n) is 25.0. The van der Waals surface area contributed by atoms with E-state index in [1.54, 1.807) is 12.1 Å². The molecule has 1 saturated carbocycles. The molecule has 2 fully saturated rings. The molecule has 15 heteroatoms. The van der Waals surface area contributed by atoms with Crippen molar-refractivity contribution in [2.45, 2.75) is 76.9 Å². The molecule has 248 valence electrons. The van der Waals surface area contributed by atoms with E-state index in [4.69, 9.17) is 9.47 Å². The van der Waals surface area contributed by atoms with E-state index >= 15 is 0 Å². The molecule has 8 nitrogen and oxygen atoms in total. The second-order valence-corrected chi connectivity index (χ2v) is 11.3. The molecular formula is C28H43ClF5N3O5S. The SMILES string of the molecule is CC.CN(C)SNC1CCN(C(=O)OCC(F)F)CC1COC1CCC(c2cccc(F)c2)CC1.O=C(Cl)OCC(F)F. The summed E-state index contributed by atoms with van der Waals surface area (Å²) in [5, 5.41) is 0. The number of halogens is 6. The van der Waals surface area contributed by atoms with Crippen molar-refractivity contribution in [3.8, 4) is 0 Å². The summed E-state index contributed by atoms with van der Waals surface area (Å²) in [6.45, 7) is 3.50. The Kier molecular flexibility index (Phi) is 19.8. The molecule has 2 aliphatic rings. The minimum atomic E-state index is -2.67. The molecule has 0 radical (unpaired) electrons. The van der Waals surface area contributed by atoms with Crippen LogP contribution in [0.1, 0.15) is 57.4 Å². The molecule has 1 aliphatic carbocycles. The Hall–Kier alpha value is -1.87. The molecular weight excluding hydrogens is 621 g/mol. The van der Waals surface area contributed by atoms with E-state index in [9.17, 15) is 31.5 Å². The van der Waals surface area contributed by atoms with Gasteiger partial charge in [-0.15, -0.1) is 0 Å². The second kappa shape index (κ2) is 21.8. The Morgan fingerprint density at radius 3 is 2.21 bits per heavy atom. The first-order valence-electron chi connectivity index (χ1n) is 14.2. The molecule has 1 amide bonds. The van der Waals surface area contributed by atoms with Crippen LogP contribution in [-0.2, 0) is 14.2 Å². The highest BCUT2D eigenvalue weighted by atomic mass is 35.5. The summed E-state index contributed by atoms with van der Waals surface area (Å²) in [7, 11) is 3.88. The standard InChI is InChI=1S/C23H34F3N3O3S.C3H3ClF2O2.C2H6/c1-28(2)33-27-21-10-11-29(23(30)32-15-22(25)26)13-18(21)14-31-20-8-6-16(7-9-20)17-4-3-5-19(24)12-17;4-3(7)8-1-2(5)6;1-2/h3-5,12,16,18,20-22,27H,6-11,13-15H2,1-2H3;2H,1H2;1-2H3. The number of hydrogen-bond donors (Lipinski definition) is 1. The molecule has 2 unspecified atom stereocenters. The summed E-state index contributed by atoms with van der Waals surface area (Å²) in [4.78, 5) is 23.2. The minimum Gasteiger partial charge on any atom is -0.448 e. The normalized spacial score (nSPS) is 21.9. The van der Waals surface area contributed by atoms with Crippen LogP contribution in [0.4, 0.5) is 31.5 Å². The third kappa shape index (κ3) is 16.7. The van der Waals surface area contributed by atoms with E-state index in [0.29, 0.717) is 32.0 Å². The summed E-state index contributed by atoms with van der Waals surface area (Å²) in [6.07, 6.45) is -1.51. The fourth-order valence-electron chi connectivity index (χ4n) is 4.63. The van der Waals surface area contributed by atoms with Gasteiger partial charge in [-0.3, -0.25) is 0 Å². The van der Waals surface area contributed by atoms with E-state index in [2.05, 4.69) is 21.1 Å². The molecule has 0 bridgehead atoms. The van der Waals surface area contributed by atoms with Crippen LogP contribution in [0.5, 0.6) is 0 Å². The third-order valence-electron chi connectivity index (χ3n) is 6.57. The van der Waals surface area contributed by atoms with Gasteiger partial charge in [-0.05, 0) is 69.8 Å². The maximum absolute atomic E-state index is 13.5. The number of likely N-dealkylation sites (tertiary alicyclic amines) is 1. The first-order chi connectivity index (χ1) is 20.4. The highest BCUT2D eigenvalue weighted by Gasteiger charge is 2.34. The van der Waals surface area contributed by atoms with Crippen molar-refractivity contribution in [2.24, 2.45) is 5.92 Å². The fourth-order valence-corrected chi connectivity index (χ4v) is 5.35. The van der Waals surface area contributed by atoms with Gasteiger partial charge in [0.15, 0.2) is 13.2 Å². The number of hydrogen-bond acceptors (Lipinski definition) is 8. The van der Waals surface area contributed by atoms with Crippen molar-refractivity contribution in [1.29, 1.82) is 0 Å². The molecule has 2 atom stereocenters. The summed E-state index contributed by atoms with van der Waals surface area (Å²) in [5.74, 6) is 0.168. The molecule has 3 rings (SSSR count). The van der Waals surface area contributed by atoms with Crippen molar-refractivity contribution >= 4 is 35.3 Å². The predicted molar refractivity (Wildman–Crippen MR) is 157 cm³/mol. The smallest absolute Gasteiger partial charge is 0.409 e. The van der Waals surface area contributed by atoms with Gasteiger partial charge < -0.3 is 19.1 Å². The lowest BCUT2D eigenvalue weighted by atomic mass is 9.82. The van der Waals surface area contributed by atoms with Gasteiger partial charge in [0.1, 0.15) is 5.82 Å². The number of piperidine rings is 1. The van der Waals surface area contributed by atoms with Crippen molar-refractivity contribution in [1.82, 2.24) is 13.9 Å². The average Bonchev–Trinajstić information content (AvgIpc) is 2.98. The lowest BCUT2D eigenvalue weighted by Gasteiger charge is -2.39. The van der Waals surface area contributed by atoms with E-state index < -0.39 is 37.6 Å². The van der Waals surface area contributed by atoms with Gasteiger partial charge in [0.2, 0.25) is 0 Å². The molecule has 1 aromatic carbocycles. The molecule has 1 heterocycles. The number of nitrogens with zero attached hydrogens (tertiary/aromatic N) is 2. The Balaban J connectivity index is 0.000000801. The largest absolute Gasteiger partial charge is 0.448 e. The Morgan fingerprint density at radius 1 is 1.05 bits per heavy atom. The van der Waals surface area contributed by atoms with E-state index in [0.717, 1.165) is 31.2 Å². The molecule has 1 N–H and O–H groups in total. The molecule has 1 saturated heterocycles. The highest BCUT2D eigenvalue weighted by Crippen LogP contribution is 2.34. The number of amides is 1. The van der Waals surface area contributed by atoms with Crippen LogP contribution in [0.3, 0.4) is 0 Å².